The zero-order chi connectivity index (χ0) is 24.6. The quantitative estimate of drug-likeness (QED) is 0.289. The summed E-state index contributed by atoms with van der Waals surface area (Å²) >= 11 is 0. The molecule has 0 fully saturated rings. The molecule has 0 aliphatic carbocycles. The fourth-order valence-corrected chi connectivity index (χ4v) is 3.26. The third-order valence-electron chi connectivity index (χ3n) is 5.15. The Morgan fingerprint density at radius 2 is 1.91 bits per heavy atom. The number of carbonyl (C=O) groups excluding carboxylic acids is 1. The van der Waals surface area contributed by atoms with Crippen molar-refractivity contribution in [2.24, 2.45) is 0 Å². The van der Waals surface area contributed by atoms with E-state index in [1.165, 1.54) is 6.08 Å². The maximum atomic E-state index is 12.7. The summed E-state index contributed by atoms with van der Waals surface area (Å²) in [6.07, 6.45) is 6.64. The first-order chi connectivity index (χ1) is 17.1. The number of anilines is 3. The van der Waals surface area contributed by atoms with Crippen molar-refractivity contribution in [3.63, 3.8) is 0 Å². The normalized spacial score (nSPS) is 10.8. The average Bonchev–Trinajstić information content (AvgIpc) is 2.90. The predicted molar refractivity (Wildman–Crippen MR) is 135 cm³/mol. The van der Waals surface area contributed by atoms with Crippen LogP contribution in [0.5, 0.6) is 5.75 Å². The lowest BCUT2D eigenvalue weighted by Crippen LogP contribution is -2.13. The van der Waals surface area contributed by atoms with Gasteiger partial charge in [-0.15, -0.1) is 0 Å². The van der Waals surface area contributed by atoms with Crippen LogP contribution in [0.25, 0.3) is 17.3 Å². The molecule has 0 atom stereocenters. The van der Waals surface area contributed by atoms with Crippen LogP contribution < -0.4 is 15.4 Å². The number of nitriles is 1. The topological polar surface area (TPSA) is 113 Å². The van der Waals surface area contributed by atoms with E-state index >= 15 is 0 Å². The summed E-state index contributed by atoms with van der Waals surface area (Å²) in [5, 5.41) is 15.5. The van der Waals surface area contributed by atoms with Crippen LogP contribution >= 0.6 is 0 Å². The number of amides is 1. The molecule has 1 amide bonds. The zero-order valence-electron chi connectivity index (χ0n) is 19.2. The van der Waals surface area contributed by atoms with Gasteiger partial charge in [-0.2, -0.15) is 5.26 Å². The van der Waals surface area contributed by atoms with E-state index in [0.29, 0.717) is 17.4 Å². The molecule has 2 aromatic carbocycles. The van der Waals surface area contributed by atoms with Crippen LogP contribution in [0.1, 0.15) is 11.1 Å². The Balaban J connectivity index is 1.51. The van der Waals surface area contributed by atoms with Crippen molar-refractivity contribution in [1.82, 2.24) is 15.0 Å². The third kappa shape index (κ3) is 5.86. The minimum Gasteiger partial charge on any atom is -0.497 e. The molecule has 4 aromatic rings. The number of aromatic nitrogens is 3. The number of aryl methyl sites for hydroxylation is 1. The van der Waals surface area contributed by atoms with Crippen LogP contribution in [0.15, 0.2) is 84.8 Å². The largest absolute Gasteiger partial charge is 0.497 e. The van der Waals surface area contributed by atoms with Crippen molar-refractivity contribution >= 4 is 29.3 Å². The molecule has 0 bridgehead atoms. The molecule has 0 aliphatic heterocycles. The number of rotatable bonds is 7. The summed E-state index contributed by atoms with van der Waals surface area (Å²) in [5.74, 6) is 0.600. The van der Waals surface area contributed by atoms with Gasteiger partial charge in [-0.3, -0.25) is 9.78 Å². The van der Waals surface area contributed by atoms with Crippen LogP contribution in [0, 0.1) is 18.3 Å². The second kappa shape index (κ2) is 10.7. The fourth-order valence-electron chi connectivity index (χ4n) is 3.26. The maximum Gasteiger partial charge on any atom is 0.266 e. The van der Waals surface area contributed by atoms with E-state index in [1.807, 2.05) is 37.3 Å². The van der Waals surface area contributed by atoms with Gasteiger partial charge < -0.3 is 15.4 Å². The highest BCUT2D eigenvalue weighted by molar-refractivity contribution is 6.09. The molecule has 4 rings (SSSR count). The lowest BCUT2D eigenvalue weighted by atomic mass is 10.1. The van der Waals surface area contributed by atoms with Crippen molar-refractivity contribution in [3.8, 4) is 23.1 Å². The molecule has 0 unspecified atom stereocenters. The second-order valence-electron chi connectivity index (χ2n) is 7.56. The van der Waals surface area contributed by atoms with E-state index in [-0.39, 0.29) is 5.57 Å². The van der Waals surface area contributed by atoms with Gasteiger partial charge in [0, 0.05) is 35.5 Å². The molecule has 0 spiro atoms. The molecule has 2 aromatic heterocycles. The molecule has 2 heterocycles. The lowest BCUT2D eigenvalue weighted by molar-refractivity contribution is -0.112. The number of nitrogens with one attached hydrogen (secondary N) is 2. The third-order valence-corrected chi connectivity index (χ3v) is 5.15. The molecule has 0 aliphatic rings. The van der Waals surface area contributed by atoms with Gasteiger partial charge >= 0.3 is 0 Å². The molecule has 8 heteroatoms. The number of pyridine rings is 1. The van der Waals surface area contributed by atoms with Crippen molar-refractivity contribution in [3.05, 3.63) is 96.0 Å². The van der Waals surface area contributed by atoms with Crippen molar-refractivity contribution in [1.29, 1.82) is 5.26 Å². The Morgan fingerprint density at radius 3 is 2.63 bits per heavy atom. The molecule has 0 saturated carbocycles. The number of methoxy groups -OCH3 is 1. The first-order valence-corrected chi connectivity index (χ1v) is 10.7. The van der Waals surface area contributed by atoms with Gasteiger partial charge in [0.15, 0.2) is 0 Å². The molecule has 2 N–H and O–H groups in total. The second-order valence-corrected chi connectivity index (χ2v) is 7.56. The minimum atomic E-state index is -0.507. The Bertz CT molecular complexity index is 1410. The first kappa shape index (κ1) is 23.1. The number of benzene rings is 2. The summed E-state index contributed by atoms with van der Waals surface area (Å²) in [6, 6.07) is 20.0. The van der Waals surface area contributed by atoms with Crippen LogP contribution in [0.4, 0.5) is 17.3 Å². The predicted octanol–water partition coefficient (Wildman–Crippen LogP) is 5.14. The average molecular weight is 463 g/mol. The Labute approximate surface area is 203 Å². The van der Waals surface area contributed by atoms with Crippen LogP contribution in [0.2, 0.25) is 0 Å². The van der Waals surface area contributed by atoms with Crippen LogP contribution in [-0.4, -0.2) is 28.0 Å². The van der Waals surface area contributed by atoms with Gasteiger partial charge in [0.1, 0.15) is 17.4 Å². The first-order valence-electron chi connectivity index (χ1n) is 10.7. The molecule has 35 heavy (non-hydrogen) atoms. The van der Waals surface area contributed by atoms with Gasteiger partial charge in [-0.25, -0.2) is 9.97 Å². The number of hydrogen-bond acceptors (Lipinski definition) is 7. The van der Waals surface area contributed by atoms with Crippen LogP contribution in [-0.2, 0) is 4.79 Å². The Kier molecular flexibility index (Phi) is 7.09. The molecular formula is C27H22N6O2. The van der Waals surface area contributed by atoms with E-state index in [9.17, 15) is 10.1 Å². The van der Waals surface area contributed by atoms with E-state index in [4.69, 9.17) is 4.74 Å². The lowest BCUT2D eigenvalue weighted by Gasteiger charge is -2.12. The zero-order valence-corrected chi connectivity index (χ0v) is 19.2. The van der Waals surface area contributed by atoms with E-state index in [1.54, 1.807) is 62.1 Å². The van der Waals surface area contributed by atoms with E-state index < -0.39 is 5.91 Å². The molecule has 0 radical (unpaired) electrons. The molecule has 172 valence electrons. The van der Waals surface area contributed by atoms with Gasteiger partial charge in [0.05, 0.1) is 12.8 Å². The maximum absolute atomic E-state index is 12.7. The summed E-state index contributed by atoms with van der Waals surface area (Å²) in [5.41, 5.74) is 4.51. The molecule has 0 saturated heterocycles. The summed E-state index contributed by atoms with van der Waals surface area (Å²) in [6.45, 7) is 1.93. The summed E-state index contributed by atoms with van der Waals surface area (Å²) in [7, 11) is 1.58. The van der Waals surface area contributed by atoms with E-state index in [0.717, 1.165) is 28.1 Å². The summed E-state index contributed by atoms with van der Waals surface area (Å²) < 4.78 is 5.14. The van der Waals surface area contributed by atoms with Crippen molar-refractivity contribution in [2.45, 2.75) is 6.92 Å². The van der Waals surface area contributed by atoms with Crippen molar-refractivity contribution in [2.75, 3.05) is 17.7 Å². The van der Waals surface area contributed by atoms with Gasteiger partial charge in [-0.1, -0.05) is 18.2 Å². The number of ether oxygens (including phenoxy) is 1. The fraction of sp³-hybridized carbons (Fsp3) is 0.0741. The number of carbonyl (C=O) groups is 1. The SMILES string of the molecule is COc1ccc(/C=C(\C#N)C(=O)Nc2ccc(C)c(Nc3nccc(-c4cccnc4)n3)c2)cc1. The molecule has 8 nitrogen and oxygen atoms in total. The smallest absolute Gasteiger partial charge is 0.266 e. The monoisotopic (exact) mass is 462 g/mol. The minimum absolute atomic E-state index is 0.0160. The van der Waals surface area contributed by atoms with E-state index in [2.05, 4.69) is 25.6 Å². The highest BCUT2D eigenvalue weighted by Crippen LogP contribution is 2.25. The van der Waals surface area contributed by atoms with Gasteiger partial charge in [-0.05, 0) is 66.6 Å². The highest BCUT2D eigenvalue weighted by atomic mass is 16.5. The van der Waals surface area contributed by atoms with Crippen molar-refractivity contribution < 1.29 is 9.53 Å². The highest BCUT2D eigenvalue weighted by Gasteiger charge is 2.12. The Hall–Kier alpha value is -5.03. The summed E-state index contributed by atoms with van der Waals surface area (Å²) in [4.78, 5) is 25.7. The van der Waals surface area contributed by atoms with Gasteiger partial charge in [0.2, 0.25) is 5.95 Å². The van der Waals surface area contributed by atoms with Gasteiger partial charge in [0.25, 0.3) is 5.91 Å². The standard InChI is InChI=1S/C27H22N6O2/c1-18-5-8-22(31-26(34)21(16-28)14-19-6-9-23(35-2)10-7-19)15-25(18)33-27-30-13-11-24(32-27)20-4-3-12-29-17-20/h3-15,17H,1-2H3,(H,31,34)(H,30,32,33)/b21-14+. The Morgan fingerprint density at radius 1 is 1.09 bits per heavy atom. The molecular weight excluding hydrogens is 440 g/mol. The van der Waals surface area contributed by atoms with Crippen LogP contribution in [0.3, 0.4) is 0 Å². The number of nitrogens with zero attached hydrogens (tertiary/aromatic N) is 4. The number of hydrogen-bond donors (Lipinski definition) is 2.